The van der Waals surface area contributed by atoms with Gasteiger partial charge in [-0.3, -0.25) is 4.79 Å². The van der Waals surface area contributed by atoms with Gasteiger partial charge in [0.1, 0.15) is 0 Å². The van der Waals surface area contributed by atoms with Crippen LogP contribution in [0, 0.1) is 40.5 Å². The van der Waals surface area contributed by atoms with E-state index in [2.05, 4.69) is 24.5 Å². The Morgan fingerprint density at radius 1 is 1.30 bits per heavy atom. The minimum absolute atomic E-state index is 0.117. The Bertz CT molecular complexity index is 431. The van der Waals surface area contributed by atoms with Gasteiger partial charge in [0.2, 0.25) is 5.91 Å². The molecule has 4 rings (SSSR count). The van der Waals surface area contributed by atoms with Gasteiger partial charge in [0.15, 0.2) is 6.19 Å². The minimum atomic E-state index is 0.117. The van der Waals surface area contributed by atoms with E-state index in [0.29, 0.717) is 11.3 Å². The maximum atomic E-state index is 12.1. The maximum Gasteiger partial charge on any atom is 0.223 e. The highest BCUT2D eigenvalue weighted by Crippen LogP contribution is 2.61. The number of fused-ring (bicyclic) bond motifs is 2. The Morgan fingerprint density at radius 2 is 2.05 bits per heavy atom. The quantitative estimate of drug-likeness (QED) is 0.609. The van der Waals surface area contributed by atoms with Crippen LogP contribution in [0.1, 0.15) is 46.0 Å². The molecule has 0 aromatic carbocycles. The standard InChI is InChI=1S/C16H25N3O/c1-16(2)12-4-3-10(14(16)7-12)8-18-15(20)11-5-13(6-11)19-9-17/h10-14,19H,3-8H2,1-2H3,(H,18,20)/t10-,11?,12+,13?,14?/m0/s1. The molecule has 4 saturated carbocycles. The SMILES string of the molecule is CC1(C)C2C[C@H]1CC[C@H]2CNC(=O)C1CC(NC#N)C1. The van der Waals surface area contributed by atoms with E-state index in [1.54, 1.807) is 0 Å². The van der Waals surface area contributed by atoms with Crippen LogP contribution in [-0.4, -0.2) is 18.5 Å². The highest BCUT2D eigenvalue weighted by atomic mass is 16.1. The minimum Gasteiger partial charge on any atom is -0.356 e. The van der Waals surface area contributed by atoms with Crippen molar-refractivity contribution in [3.8, 4) is 6.19 Å². The number of hydrogen-bond donors (Lipinski definition) is 2. The topological polar surface area (TPSA) is 64.9 Å². The van der Waals surface area contributed by atoms with Crippen molar-refractivity contribution in [2.24, 2.45) is 29.1 Å². The number of rotatable bonds is 4. The fraction of sp³-hybridized carbons (Fsp3) is 0.875. The number of carbonyl (C=O) groups is 1. The van der Waals surface area contributed by atoms with E-state index in [-0.39, 0.29) is 17.9 Å². The first-order valence-electron chi connectivity index (χ1n) is 7.94. The van der Waals surface area contributed by atoms with Crippen molar-refractivity contribution in [2.45, 2.75) is 52.0 Å². The van der Waals surface area contributed by atoms with Crippen molar-refractivity contribution in [1.29, 1.82) is 5.26 Å². The van der Waals surface area contributed by atoms with E-state index in [0.717, 1.165) is 31.2 Å². The molecule has 0 saturated heterocycles. The van der Waals surface area contributed by atoms with E-state index in [1.165, 1.54) is 19.3 Å². The number of nitrogens with zero attached hydrogens (tertiary/aromatic N) is 1. The summed E-state index contributed by atoms with van der Waals surface area (Å²) in [5.41, 5.74) is 0.492. The van der Waals surface area contributed by atoms with Crippen LogP contribution in [0.25, 0.3) is 0 Å². The Balaban J connectivity index is 1.42. The molecule has 0 radical (unpaired) electrons. The second-order valence-electron chi connectivity index (χ2n) is 7.56. The van der Waals surface area contributed by atoms with E-state index >= 15 is 0 Å². The van der Waals surface area contributed by atoms with E-state index in [9.17, 15) is 4.79 Å². The number of nitrogens with one attached hydrogen (secondary N) is 2. The molecule has 4 heteroatoms. The van der Waals surface area contributed by atoms with Gasteiger partial charge in [0.25, 0.3) is 0 Å². The molecule has 0 aliphatic heterocycles. The number of nitriles is 1. The Kier molecular flexibility index (Phi) is 3.40. The first-order chi connectivity index (χ1) is 9.52. The summed E-state index contributed by atoms with van der Waals surface area (Å²) >= 11 is 0. The van der Waals surface area contributed by atoms with Crippen LogP contribution in [0.15, 0.2) is 0 Å². The van der Waals surface area contributed by atoms with Gasteiger partial charge in [-0.2, -0.15) is 5.26 Å². The maximum absolute atomic E-state index is 12.1. The van der Waals surface area contributed by atoms with Crippen LogP contribution in [0.3, 0.4) is 0 Å². The molecule has 2 N–H and O–H groups in total. The zero-order valence-corrected chi connectivity index (χ0v) is 12.5. The molecule has 1 amide bonds. The number of carbonyl (C=O) groups excluding carboxylic acids is 1. The molecule has 4 fully saturated rings. The van der Waals surface area contributed by atoms with Gasteiger partial charge in [-0.15, -0.1) is 0 Å². The van der Waals surface area contributed by atoms with Crippen molar-refractivity contribution >= 4 is 5.91 Å². The zero-order chi connectivity index (χ0) is 14.3. The Morgan fingerprint density at radius 3 is 2.65 bits per heavy atom. The summed E-state index contributed by atoms with van der Waals surface area (Å²) < 4.78 is 0. The third-order valence-electron chi connectivity index (χ3n) is 6.32. The molecular formula is C16H25N3O. The first kappa shape index (κ1) is 13.7. The van der Waals surface area contributed by atoms with Crippen molar-refractivity contribution in [3.05, 3.63) is 0 Å². The lowest BCUT2D eigenvalue weighted by molar-refractivity contribution is -0.131. The second kappa shape index (κ2) is 4.95. The monoisotopic (exact) mass is 275 g/mol. The molecule has 0 aromatic rings. The van der Waals surface area contributed by atoms with Crippen molar-refractivity contribution in [2.75, 3.05) is 6.54 Å². The van der Waals surface area contributed by atoms with Crippen LogP contribution >= 0.6 is 0 Å². The summed E-state index contributed by atoms with van der Waals surface area (Å²) in [7, 11) is 0. The molecule has 4 nitrogen and oxygen atoms in total. The van der Waals surface area contributed by atoms with Gasteiger partial charge in [-0.25, -0.2) is 0 Å². The third-order valence-corrected chi connectivity index (χ3v) is 6.32. The fourth-order valence-corrected chi connectivity index (χ4v) is 4.62. The average Bonchev–Trinajstić information content (AvgIpc) is 2.39. The molecule has 3 atom stereocenters. The predicted octanol–water partition coefficient (Wildman–Crippen LogP) is 2.02. The van der Waals surface area contributed by atoms with Gasteiger partial charge in [0, 0.05) is 18.5 Å². The lowest BCUT2D eigenvalue weighted by atomic mass is 9.45. The fourth-order valence-electron chi connectivity index (χ4n) is 4.62. The zero-order valence-electron chi connectivity index (χ0n) is 12.5. The van der Waals surface area contributed by atoms with E-state index < -0.39 is 0 Å². The van der Waals surface area contributed by atoms with Crippen LogP contribution in [-0.2, 0) is 4.79 Å². The van der Waals surface area contributed by atoms with Gasteiger partial charge in [-0.1, -0.05) is 13.8 Å². The molecule has 0 heterocycles. The summed E-state index contributed by atoms with van der Waals surface area (Å²) in [5, 5.41) is 14.4. The predicted molar refractivity (Wildman–Crippen MR) is 76.4 cm³/mol. The van der Waals surface area contributed by atoms with Gasteiger partial charge in [-0.05, 0) is 55.3 Å². The molecular weight excluding hydrogens is 250 g/mol. The van der Waals surface area contributed by atoms with Crippen LogP contribution in [0.5, 0.6) is 0 Å². The summed E-state index contributed by atoms with van der Waals surface area (Å²) in [6.45, 7) is 5.64. The van der Waals surface area contributed by atoms with Gasteiger partial charge >= 0.3 is 0 Å². The summed E-state index contributed by atoms with van der Waals surface area (Å²) in [4.78, 5) is 12.1. The second-order valence-corrected chi connectivity index (χ2v) is 7.56. The smallest absolute Gasteiger partial charge is 0.223 e. The van der Waals surface area contributed by atoms with Crippen LogP contribution in [0.4, 0.5) is 0 Å². The van der Waals surface area contributed by atoms with E-state index in [1.807, 2.05) is 6.19 Å². The van der Waals surface area contributed by atoms with Crippen molar-refractivity contribution in [1.82, 2.24) is 10.6 Å². The van der Waals surface area contributed by atoms with Crippen molar-refractivity contribution < 1.29 is 4.79 Å². The van der Waals surface area contributed by atoms with Gasteiger partial charge in [0.05, 0.1) is 0 Å². The lowest BCUT2D eigenvalue weighted by Crippen LogP contribution is -2.55. The molecule has 0 aromatic heterocycles. The highest BCUT2D eigenvalue weighted by Gasteiger charge is 2.54. The number of hydrogen-bond acceptors (Lipinski definition) is 3. The molecule has 4 aliphatic rings. The Labute approximate surface area is 121 Å². The molecule has 1 unspecified atom stereocenters. The summed E-state index contributed by atoms with van der Waals surface area (Å²) in [6.07, 6.45) is 7.55. The molecule has 110 valence electrons. The lowest BCUT2D eigenvalue weighted by Gasteiger charge is -2.60. The molecule has 0 spiro atoms. The Hall–Kier alpha value is -1.24. The third kappa shape index (κ3) is 2.17. The largest absolute Gasteiger partial charge is 0.356 e. The molecule has 2 bridgehead atoms. The highest BCUT2D eigenvalue weighted by molar-refractivity contribution is 5.79. The summed E-state index contributed by atoms with van der Waals surface area (Å²) in [5.74, 6) is 2.71. The average molecular weight is 275 g/mol. The first-order valence-corrected chi connectivity index (χ1v) is 7.94. The number of amides is 1. The molecule has 20 heavy (non-hydrogen) atoms. The summed E-state index contributed by atoms with van der Waals surface area (Å²) in [6, 6.07) is 0.219. The van der Waals surface area contributed by atoms with Crippen molar-refractivity contribution in [3.63, 3.8) is 0 Å². The van der Waals surface area contributed by atoms with Gasteiger partial charge < -0.3 is 10.6 Å². The van der Waals surface area contributed by atoms with E-state index in [4.69, 9.17) is 5.26 Å². The normalized spacial score (nSPS) is 40.8. The van der Waals surface area contributed by atoms with Crippen LogP contribution in [0.2, 0.25) is 0 Å². The van der Waals surface area contributed by atoms with Crippen LogP contribution < -0.4 is 10.6 Å². The molecule has 4 aliphatic carbocycles.